The van der Waals surface area contributed by atoms with Crippen molar-refractivity contribution in [1.82, 2.24) is 10.2 Å². The molecule has 2 rings (SSSR count). The van der Waals surface area contributed by atoms with Crippen LogP contribution in [0.25, 0.3) is 0 Å². The number of carbonyl (C=O) groups is 2. The molecule has 33 heavy (non-hydrogen) atoms. The summed E-state index contributed by atoms with van der Waals surface area (Å²) in [4.78, 5) is 27.9. The van der Waals surface area contributed by atoms with Crippen LogP contribution in [0.3, 0.4) is 0 Å². The summed E-state index contributed by atoms with van der Waals surface area (Å²) in [6.07, 6.45) is 1.40. The van der Waals surface area contributed by atoms with Crippen molar-refractivity contribution in [3.63, 3.8) is 0 Å². The fourth-order valence-electron chi connectivity index (χ4n) is 3.36. The van der Waals surface area contributed by atoms with Gasteiger partial charge in [0, 0.05) is 22.1 Å². The second-order valence-electron chi connectivity index (χ2n) is 7.95. The van der Waals surface area contributed by atoms with Crippen LogP contribution in [0.4, 0.5) is 5.69 Å². The van der Waals surface area contributed by atoms with Gasteiger partial charge in [0.25, 0.3) is 0 Å². The van der Waals surface area contributed by atoms with Crippen molar-refractivity contribution in [2.75, 3.05) is 17.1 Å². The highest BCUT2D eigenvalue weighted by Gasteiger charge is 2.32. The van der Waals surface area contributed by atoms with E-state index in [1.165, 1.54) is 4.90 Å². The number of amides is 2. The summed E-state index contributed by atoms with van der Waals surface area (Å²) in [7, 11) is -3.78. The minimum absolute atomic E-state index is 0.0681. The van der Waals surface area contributed by atoms with Crippen LogP contribution >= 0.6 is 27.5 Å². The first-order valence-electron chi connectivity index (χ1n) is 10.5. The van der Waals surface area contributed by atoms with Gasteiger partial charge in [0.2, 0.25) is 21.8 Å². The number of nitrogens with zero attached hydrogens (tertiary/aromatic N) is 2. The molecule has 180 valence electrons. The Morgan fingerprint density at radius 2 is 1.79 bits per heavy atom. The molecule has 7 nitrogen and oxygen atoms in total. The van der Waals surface area contributed by atoms with Crippen molar-refractivity contribution >= 4 is 55.1 Å². The number of hydrogen-bond acceptors (Lipinski definition) is 4. The maximum Gasteiger partial charge on any atom is 0.244 e. The van der Waals surface area contributed by atoms with Gasteiger partial charge in [-0.3, -0.25) is 13.9 Å². The Kier molecular flexibility index (Phi) is 9.75. The summed E-state index contributed by atoms with van der Waals surface area (Å²) in [6, 6.07) is 12.8. The second-order valence-corrected chi connectivity index (χ2v) is 11.2. The number of carbonyl (C=O) groups excluding carboxylic acids is 2. The zero-order valence-corrected chi connectivity index (χ0v) is 22.2. The Balaban J connectivity index is 2.46. The normalized spacial score (nSPS) is 12.3. The Bertz CT molecular complexity index is 1090. The lowest BCUT2D eigenvalue weighted by molar-refractivity contribution is -0.140. The van der Waals surface area contributed by atoms with E-state index in [1.54, 1.807) is 55.5 Å². The Morgan fingerprint density at radius 3 is 2.33 bits per heavy atom. The van der Waals surface area contributed by atoms with Crippen molar-refractivity contribution < 1.29 is 18.0 Å². The summed E-state index contributed by atoms with van der Waals surface area (Å²) < 4.78 is 26.9. The third-order valence-corrected chi connectivity index (χ3v) is 6.89. The Morgan fingerprint density at radius 1 is 1.12 bits per heavy atom. The molecule has 0 saturated carbocycles. The van der Waals surface area contributed by atoms with Crippen LogP contribution in [0.15, 0.2) is 53.0 Å². The van der Waals surface area contributed by atoms with E-state index in [0.717, 1.165) is 10.6 Å². The zero-order valence-electron chi connectivity index (χ0n) is 19.1. The number of benzene rings is 2. The first kappa shape index (κ1) is 27.1. The van der Waals surface area contributed by atoms with Gasteiger partial charge < -0.3 is 10.2 Å². The topological polar surface area (TPSA) is 86.8 Å². The Hall–Kier alpha value is -2.10. The fraction of sp³-hybridized carbons (Fsp3) is 0.391. The molecule has 10 heteroatoms. The number of sulfonamides is 1. The quantitative estimate of drug-likeness (QED) is 0.474. The van der Waals surface area contributed by atoms with Crippen LogP contribution in [-0.4, -0.2) is 50.0 Å². The molecule has 1 atom stereocenters. The lowest BCUT2D eigenvalue weighted by atomic mass is 10.1. The van der Waals surface area contributed by atoms with E-state index in [2.05, 4.69) is 21.2 Å². The van der Waals surface area contributed by atoms with Gasteiger partial charge in [0.05, 0.1) is 11.9 Å². The molecule has 0 fully saturated rings. The van der Waals surface area contributed by atoms with Crippen LogP contribution in [0.5, 0.6) is 0 Å². The number of anilines is 1. The number of hydrogen-bond donors (Lipinski definition) is 1. The van der Waals surface area contributed by atoms with Crippen molar-refractivity contribution in [1.29, 1.82) is 0 Å². The predicted molar refractivity (Wildman–Crippen MR) is 136 cm³/mol. The average molecular weight is 559 g/mol. The minimum atomic E-state index is -3.78. The first-order chi connectivity index (χ1) is 15.4. The van der Waals surface area contributed by atoms with Crippen LogP contribution in [0, 0.1) is 0 Å². The van der Waals surface area contributed by atoms with E-state index in [-0.39, 0.29) is 18.5 Å². The maximum absolute atomic E-state index is 13.5. The lowest BCUT2D eigenvalue weighted by Crippen LogP contribution is -2.53. The smallest absolute Gasteiger partial charge is 0.244 e. The molecule has 2 amide bonds. The van der Waals surface area contributed by atoms with Crippen molar-refractivity contribution in [2.24, 2.45) is 0 Å². The standard InChI is InChI=1S/C23H29BrClN3O4S/c1-5-21(23(30)26-16(2)3)27(14-17-9-6-7-12-20(17)25)22(29)15-28(33(4,31)32)19-11-8-10-18(24)13-19/h6-13,16,21H,5,14-15H2,1-4H3,(H,26,30)/t21-/m0/s1. The third kappa shape index (κ3) is 7.72. The summed E-state index contributed by atoms with van der Waals surface area (Å²) in [5, 5.41) is 3.31. The molecular formula is C23H29BrClN3O4S. The van der Waals surface area contributed by atoms with E-state index in [1.807, 2.05) is 13.8 Å². The van der Waals surface area contributed by atoms with Gasteiger partial charge in [-0.15, -0.1) is 0 Å². The summed E-state index contributed by atoms with van der Waals surface area (Å²) >= 11 is 9.66. The molecular weight excluding hydrogens is 530 g/mol. The summed E-state index contributed by atoms with van der Waals surface area (Å²) in [5.41, 5.74) is 1.01. The minimum Gasteiger partial charge on any atom is -0.352 e. The largest absolute Gasteiger partial charge is 0.352 e. The lowest BCUT2D eigenvalue weighted by Gasteiger charge is -2.33. The molecule has 0 spiro atoms. The number of rotatable bonds is 10. The number of nitrogens with one attached hydrogen (secondary N) is 1. The van der Waals surface area contributed by atoms with E-state index >= 15 is 0 Å². The molecule has 0 saturated heterocycles. The molecule has 1 N–H and O–H groups in total. The van der Waals surface area contributed by atoms with Crippen LogP contribution in [0.1, 0.15) is 32.8 Å². The summed E-state index contributed by atoms with van der Waals surface area (Å²) in [5.74, 6) is -0.813. The van der Waals surface area contributed by atoms with E-state index in [4.69, 9.17) is 11.6 Å². The fourth-order valence-corrected chi connectivity index (χ4v) is 4.78. The highest BCUT2D eigenvalue weighted by atomic mass is 79.9. The van der Waals surface area contributed by atoms with E-state index in [0.29, 0.717) is 27.2 Å². The van der Waals surface area contributed by atoms with Crippen molar-refractivity contribution in [3.05, 3.63) is 63.6 Å². The number of halogens is 2. The first-order valence-corrected chi connectivity index (χ1v) is 13.5. The van der Waals surface area contributed by atoms with Gasteiger partial charge in [-0.1, -0.05) is 58.7 Å². The van der Waals surface area contributed by atoms with Gasteiger partial charge in [-0.25, -0.2) is 8.42 Å². The van der Waals surface area contributed by atoms with Crippen LogP contribution in [0.2, 0.25) is 5.02 Å². The van der Waals surface area contributed by atoms with Gasteiger partial charge in [0.1, 0.15) is 12.6 Å². The van der Waals surface area contributed by atoms with Gasteiger partial charge in [-0.05, 0) is 50.1 Å². The van der Waals surface area contributed by atoms with E-state index < -0.39 is 28.5 Å². The molecule has 0 aliphatic carbocycles. The molecule has 2 aromatic carbocycles. The highest BCUT2D eigenvalue weighted by molar-refractivity contribution is 9.10. The van der Waals surface area contributed by atoms with Gasteiger partial charge >= 0.3 is 0 Å². The third-order valence-electron chi connectivity index (χ3n) is 4.89. The molecule has 0 heterocycles. The molecule has 0 unspecified atom stereocenters. The average Bonchev–Trinajstić information content (AvgIpc) is 2.71. The molecule has 0 aliphatic heterocycles. The van der Waals surface area contributed by atoms with Crippen LogP contribution in [-0.2, 0) is 26.2 Å². The Labute approximate surface area is 209 Å². The SMILES string of the molecule is CC[C@@H](C(=O)NC(C)C)N(Cc1ccccc1Cl)C(=O)CN(c1cccc(Br)c1)S(C)(=O)=O. The predicted octanol–water partition coefficient (Wildman–Crippen LogP) is 4.20. The molecule has 0 aliphatic rings. The molecule has 0 aromatic heterocycles. The molecule has 0 bridgehead atoms. The highest BCUT2D eigenvalue weighted by Crippen LogP contribution is 2.24. The van der Waals surface area contributed by atoms with E-state index in [9.17, 15) is 18.0 Å². The monoisotopic (exact) mass is 557 g/mol. The van der Waals surface area contributed by atoms with Gasteiger partial charge in [0.15, 0.2) is 0 Å². The second kappa shape index (κ2) is 11.9. The van der Waals surface area contributed by atoms with Crippen molar-refractivity contribution in [2.45, 2.75) is 45.8 Å². The molecule has 2 aromatic rings. The molecule has 0 radical (unpaired) electrons. The summed E-state index contributed by atoms with van der Waals surface area (Å²) in [6.45, 7) is 5.09. The van der Waals surface area contributed by atoms with Crippen LogP contribution < -0.4 is 9.62 Å². The maximum atomic E-state index is 13.5. The zero-order chi connectivity index (χ0) is 24.8. The van der Waals surface area contributed by atoms with Crippen molar-refractivity contribution in [3.8, 4) is 0 Å². The van der Waals surface area contributed by atoms with Gasteiger partial charge in [-0.2, -0.15) is 0 Å².